The van der Waals surface area contributed by atoms with Gasteiger partial charge in [0, 0.05) is 0 Å². The third kappa shape index (κ3) is 4.35. The molecule has 0 aliphatic carbocycles. The molecule has 0 aliphatic heterocycles. The van der Waals surface area contributed by atoms with Crippen LogP contribution < -0.4 is 0 Å². The van der Waals surface area contributed by atoms with Gasteiger partial charge in [0.2, 0.25) is 0 Å². The van der Waals surface area contributed by atoms with Crippen molar-refractivity contribution in [2.75, 3.05) is 12.7 Å². The van der Waals surface area contributed by atoms with Crippen LogP contribution in [0.5, 0.6) is 0 Å². The van der Waals surface area contributed by atoms with Crippen molar-refractivity contribution in [3.8, 4) is 0 Å². The predicted molar refractivity (Wildman–Crippen MR) is 27.0 cm³/mol. The first kappa shape index (κ1) is 7.50. The molecule has 0 fully saturated rings. The van der Waals surface area contributed by atoms with Gasteiger partial charge in [-0.15, -0.1) is 0 Å². The van der Waals surface area contributed by atoms with Crippen molar-refractivity contribution in [2.45, 2.75) is 5.56 Å². The first-order valence-corrected chi connectivity index (χ1v) is 2.68. The van der Waals surface area contributed by atoms with Crippen molar-refractivity contribution in [1.82, 2.24) is 0 Å². The van der Waals surface area contributed by atoms with Gasteiger partial charge in [0.15, 0.2) is 5.56 Å². The summed E-state index contributed by atoms with van der Waals surface area (Å²) in [6, 6.07) is -0.0175. The maximum atomic E-state index is 9.70. The SMILES string of the molecule is [O]CC(Cl)OCCl. The molecule has 1 radical (unpaired) electrons. The summed E-state index contributed by atoms with van der Waals surface area (Å²) in [5.74, 6) is 0. The molecule has 4 heteroatoms. The van der Waals surface area contributed by atoms with Crippen LogP contribution in [0, 0.1) is 0 Å². The highest BCUT2D eigenvalue weighted by Crippen LogP contribution is 1.96. The molecule has 0 amide bonds. The fraction of sp³-hybridized carbons (Fsp3) is 1.00. The zero-order valence-corrected chi connectivity index (χ0v) is 5.08. The van der Waals surface area contributed by atoms with Crippen LogP contribution in [0.25, 0.3) is 0 Å². The number of rotatable bonds is 3. The smallest absolute Gasteiger partial charge is 0.159 e. The summed E-state index contributed by atoms with van der Waals surface area (Å²) in [7, 11) is 0. The number of ether oxygens (including phenoxy) is 1. The first-order chi connectivity index (χ1) is 3.31. The Hall–Kier alpha value is 0.500. The van der Waals surface area contributed by atoms with Gasteiger partial charge >= 0.3 is 0 Å². The summed E-state index contributed by atoms with van der Waals surface area (Å²) >= 11 is 10.2. The molecule has 2 nitrogen and oxygen atoms in total. The van der Waals surface area contributed by atoms with Crippen molar-refractivity contribution < 1.29 is 9.84 Å². The predicted octanol–water partition coefficient (Wildman–Crippen LogP) is 1.19. The minimum absolute atomic E-state index is 0.0175. The lowest BCUT2D eigenvalue weighted by molar-refractivity contribution is 0.0597. The van der Waals surface area contributed by atoms with Gasteiger partial charge in [-0.1, -0.05) is 23.2 Å². The van der Waals surface area contributed by atoms with E-state index in [0.717, 1.165) is 0 Å². The molecule has 0 spiro atoms. The van der Waals surface area contributed by atoms with E-state index in [9.17, 15) is 5.11 Å². The Morgan fingerprint density at radius 2 is 2.29 bits per heavy atom. The summed E-state index contributed by atoms with van der Waals surface area (Å²) in [5.41, 5.74) is -0.766. The fourth-order valence-corrected chi connectivity index (χ4v) is 0.396. The Bertz CT molecular complexity index is 41.9. The molecule has 0 heterocycles. The Balaban J connectivity index is 2.83. The van der Waals surface area contributed by atoms with Gasteiger partial charge in [0.25, 0.3) is 0 Å². The molecule has 1 atom stereocenters. The molecule has 0 N–H and O–H groups in total. The molecular weight excluding hydrogens is 139 g/mol. The monoisotopic (exact) mass is 143 g/mol. The summed E-state index contributed by atoms with van der Waals surface area (Å²) in [6.07, 6.45) is 0. The topological polar surface area (TPSA) is 29.1 Å². The molecule has 0 saturated heterocycles. The van der Waals surface area contributed by atoms with Crippen LogP contribution >= 0.6 is 23.2 Å². The second-order valence-electron chi connectivity index (χ2n) is 0.852. The number of halogens is 2. The van der Waals surface area contributed by atoms with E-state index in [0.29, 0.717) is 0 Å². The van der Waals surface area contributed by atoms with Crippen molar-refractivity contribution in [1.29, 1.82) is 0 Å². The van der Waals surface area contributed by atoms with Crippen LogP contribution in [0.1, 0.15) is 0 Å². The number of alkyl halides is 2. The molecule has 1 unspecified atom stereocenters. The average molecular weight is 144 g/mol. The van der Waals surface area contributed by atoms with Gasteiger partial charge in [-0.05, 0) is 0 Å². The summed E-state index contributed by atoms with van der Waals surface area (Å²) in [5, 5.41) is 9.70. The quantitative estimate of drug-likeness (QED) is 0.547. The summed E-state index contributed by atoms with van der Waals surface area (Å²) < 4.78 is 4.41. The van der Waals surface area contributed by atoms with Crippen LogP contribution in [0.15, 0.2) is 0 Å². The molecular formula is C3H5Cl2O2. The minimum atomic E-state index is -0.766. The lowest BCUT2D eigenvalue weighted by atomic mass is 10.8. The van der Waals surface area contributed by atoms with E-state index < -0.39 is 12.2 Å². The third-order valence-corrected chi connectivity index (χ3v) is 0.753. The van der Waals surface area contributed by atoms with Crippen LogP contribution in [0.2, 0.25) is 0 Å². The third-order valence-electron chi connectivity index (χ3n) is 0.375. The molecule has 7 heavy (non-hydrogen) atoms. The molecule has 43 valence electrons. The molecule has 0 saturated carbocycles. The number of hydrogen-bond donors (Lipinski definition) is 0. The Morgan fingerprint density at radius 1 is 1.71 bits per heavy atom. The Labute approximate surface area is 52.0 Å². The van der Waals surface area contributed by atoms with Crippen molar-refractivity contribution in [3.63, 3.8) is 0 Å². The van der Waals surface area contributed by atoms with Crippen molar-refractivity contribution >= 4 is 23.2 Å². The van der Waals surface area contributed by atoms with Crippen molar-refractivity contribution in [3.05, 3.63) is 0 Å². The van der Waals surface area contributed by atoms with E-state index in [4.69, 9.17) is 23.2 Å². The standard InChI is InChI=1S/C3H5Cl2O2/c4-2-7-3(5)1-6/h3H,1-2H2. The van der Waals surface area contributed by atoms with Gasteiger partial charge in [0.05, 0.1) is 0 Å². The van der Waals surface area contributed by atoms with E-state index in [2.05, 4.69) is 4.74 Å². The zero-order chi connectivity index (χ0) is 5.70. The van der Waals surface area contributed by atoms with Crippen molar-refractivity contribution in [2.24, 2.45) is 0 Å². The normalized spacial score (nSPS) is 14.1. The second kappa shape index (κ2) is 4.65. The van der Waals surface area contributed by atoms with Crippen LogP contribution in [0.3, 0.4) is 0 Å². The largest absolute Gasteiger partial charge is 0.344 e. The van der Waals surface area contributed by atoms with Gasteiger partial charge in [-0.25, -0.2) is 5.11 Å². The van der Waals surface area contributed by atoms with E-state index in [1.807, 2.05) is 0 Å². The van der Waals surface area contributed by atoms with Crippen LogP contribution in [-0.4, -0.2) is 18.2 Å². The van der Waals surface area contributed by atoms with E-state index in [1.54, 1.807) is 0 Å². The van der Waals surface area contributed by atoms with Gasteiger partial charge in [-0.3, -0.25) is 0 Å². The van der Waals surface area contributed by atoms with Gasteiger partial charge in [-0.2, -0.15) is 0 Å². The highest BCUT2D eigenvalue weighted by Gasteiger charge is 1.98. The molecule has 0 aliphatic rings. The molecule has 0 aromatic carbocycles. The highest BCUT2D eigenvalue weighted by atomic mass is 35.5. The summed E-state index contributed by atoms with van der Waals surface area (Å²) in [4.78, 5) is 0. The molecule has 0 aromatic heterocycles. The molecule has 0 rings (SSSR count). The molecule has 0 bridgehead atoms. The van der Waals surface area contributed by atoms with Crippen LogP contribution in [-0.2, 0) is 9.84 Å². The van der Waals surface area contributed by atoms with E-state index >= 15 is 0 Å². The van der Waals surface area contributed by atoms with Crippen LogP contribution in [0.4, 0.5) is 0 Å². The maximum absolute atomic E-state index is 9.70. The first-order valence-electron chi connectivity index (χ1n) is 1.71. The Morgan fingerprint density at radius 3 is 2.43 bits per heavy atom. The fourth-order valence-electron chi connectivity index (χ4n) is 0.116. The summed E-state index contributed by atoms with van der Waals surface area (Å²) in [6.45, 7) is -0.450. The second-order valence-corrected chi connectivity index (χ2v) is 1.56. The van der Waals surface area contributed by atoms with E-state index in [-0.39, 0.29) is 6.07 Å². The van der Waals surface area contributed by atoms with Gasteiger partial charge < -0.3 is 4.74 Å². The van der Waals surface area contributed by atoms with E-state index in [1.165, 1.54) is 0 Å². The Kier molecular flexibility index (Phi) is 4.99. The maximum Gasteiger partial charge on any atom is 0.159 e. The molecule has 0 aromatic rings. The zero-order valence-electron chi connectivity index (χ0n) is 3.56. The average Bonchev–Trinajstić information content (AvgIpc) is 1.68. The number of hydrogen-bond acceptors (Lipinski definition) is 1. The minimum Gasteiger partial charge on any atom is -0.344 e. The lowest BCUT2D eigenvalue weighted by Gasteiger charge is -1.99. The highest BCUT2D eigenvalue weighted by molar-refractivity contribution is 6.20. The lowest BCUT2D eigenvalue weighted by Crippen LogP contribution is -2.06. The van der Waals surface area contributed by atoms with Gasteiger partial charge in [0.1, 0.15) is 12.7 Å².